The van der Waals surface area contributed by atoms with Gasteiger partial charge in [-0.2, -0.15) is 11.8 Å². The van der Waals surface area contributed by atoms with E-state index in [4.69, 9.17) is 9.47 Å². The summed E-state index contributed by atoms with van der Waals surface area (Å²) in [6.45, 7) is 4.46. The first-order valence-corrected chi connectivity index (χ1v) is 8.95. The molecule has 0 saturated carbocycles. The topological polar surface area (TPSA) is 64.6 Å². The molecule has 0 aliphatic heterocycles. The molecule has 1 aromatic rings. The van der Waals surface area contributed by atoms with Crippen molar-refractivity contribution in [3.05, 3.63) is 35.4 Å². The number of hydrogen-bond acceptors (Lipinski definition) is 5. The lowest BCUT2D eigenvalue weighted by molar-refractivity contribution is -0.142. The molecule has 128 valence electrons. The highest BCUT2D eigenvalue weighted by molar-refractivity contribution is 7.98. The van der Waals surface area contributed by atoms with E-state index >= 15 is 0 Å². The minimum Gasteiger partial charge on any atom is -0.467 e. The number of rotatable bonds is 9. The van der Waals surface area contributed by atoms with Gasteiger partial charge >= 0.3 is 5.97 Å². The Balaban J connectivity index is 2.66. The van der Waals surface area contributed by atoms with Crippen LogP contribution in [0.3, 0.4) is 0 Å². The first-order valence-electron chi connectivity index (χ1n) is 7.56. The smallest absolute Gasteiger partial charge is 0.328 e. The number of thioether (sulfide) groups is 1. The third kappa shape index (κ3) is 7.05. The van der Waals surface area contributed by atoms with E-state index in [0.717, 1.165) is 11.3 Å². The van der Waals surface area contributed by atoms with Crippen LogP contribution in [0.2, 0.25) is 0 Å². The normalized spacial score (nSPS) is 12.0. The van der Waals surface area contributed by atoms with Crippen molar-refractivity contribution in [3.8, 4) is 0 Å². The van der Waals surface area contributed by atoms with Crippen LogP contribution in [0.1, 0.15) is 36.2 Å². The maximum absolute atomic E-state index is 12.3. The molecule has 0 aliphatic carbocycles. The Morgan fingerprint density at radius 1 is 1.22 bits per heavy atom. The molecule has 5 nitrogen and oxygen atoms in total. The van der Waals surface area contributed by atoms with E-state index in [9.17, 15) is 9.59 Å². The Hall–Kier alpha value is -1.53. The summed E-state index contributed by atoms with van der Waals surface area (Å²) in [7, 11) is 1.32. The fourth-order valence-corrected chi connectivity index (χ4v) is 2.36. The number of ether oxygens (including phenoxy) is 2. The van der Waals surface area contributed by atoms with Crippen molar-refractivity contribution in [2.24, 2.45) is 0 Å². The maximum Gasteiger partial charge on any atom is 0.328 e. The molecular weight excluding hydrogens is 314 g/mol. The van der Waals surface area contributed by atoms with Gasteiger partial charge in [0.25, 0.3) is 5.91 Å². The minimum absolute atomic E-state index is 0.162. The van der Waals surface area contributed by atoms with E-state index < -0.39 is 12.0 Å². The molecule has 0 radical (unpaired) electrons. The zero-order valence-electron chi connectivity index (χ0n) is 14.1. The highest BCUT2D eigenvalue weighted by atomic mass is 32.2. The second-order valence-corrected chi connectivity index (χ2v) is 6.37. The molecule has 1 atom stereocenters. The fourth-order valence-electron chi connectivity index (χ4n) is 1.88. The van der Waals surface area contributed by atoms with Crippen molar-refractivity contribution in [2.45, 2.75) is 39.0 Å². The summed E-state index contributed by atoms with van der Waals surface area (Å²) in [4.78, 5) is 24.0. The Labute approximate surface area is 142 Å². The lowest BCUT2D eigenvalue weighted by Gasteiger charge is -2.16. The van der Waals surface area contributed by atoms with Crippen molar-refractivity contribution in [3.63, 3.8) is 0 Å². The number of nitrogens with one attached hydrogen (secondary N) is 1. The SMILES string of the molecule is COC(=O)[C@H](CCSC)NC(=O)c1ccc(COC(C)C)cc1. The number of carbonyl (C=O) groups excluding carboxylic acids is 2. The molecule has 0 aromatic heterocycles. The average Bonchev–Trinajstić information content (AvgIpc) is 2.56. The molecule has 0 unspecified atom stereocenters. The quantitative estimate of drug-likeness (QED) is 0.701. The maximum atomic E-state index is 12.3. The van der Waals surface area contributed by atoms with Gasteiger partial charge < -0.3 is 14.8 Å². The summed E-state index contributed by atoms with van der Waals surface area (Å²) >= 11 is 1.62. The van der Waals surface area contributed by atoms with Crippen molar-refractivity contribution < 1.29 is 19.1 Å². The fraction of sp³-hybridized carbons (Fsp3) is 0.529. The van der Waals surface area contributed by atoms with Gasteiger partial charge in [0.15, 0.2) is 0 Å². The summed E-state index contributed by atoms with van der Waals surface area (Å²) in [5, 5.41) is 2.73. The largest absolute Gasteiger partial charge is 0.467 e. The molecule has 0 saturated heterocycles. The van der Waals surface area contributed by atoms with Gasteiger partial charge in [0.1, 0.15) is 6.04 Å². The summed E-state index contributed by atoms with van der Waals surface area (Å²) in [5.74, 6) is 0.0677. The van der Waals surface area contributed by atoms with Crippen LogP contribution in [0, 0.1) is 0 Å². The molecule has 1 aromatic carbocycles. The first-order chi connectivity index (χ1) is 11.0. The predicted octanol–water partition coefficient (Wildman–Crippen LogP) is 2.64. The summed E-state index contributed by atoms with van der Waals surface area (Å²) in [6, 6.07) is 6.55. The second-order valence-electron chi connectivity index (χ2n) is 5.39. The summed E-state index contributed by atoms with van der Waals surface area (Å²) in [5.41, 5.74) is 1.51. The number of benzene rings is 1. The standard InChI is InChI=1S/C17H25NO4S/c1-12(2)22-11-13-5-7-14(8-6-13)16(19)18-15(9-10-23-4)17(20)21-3/h5-8,12,15H,9-11H2,1-4H3,(H,18,19)/t15-/m0/s1. The first kappa shape index (κ1) is 19.5. The molecule has 0 fully saturated rings. The molecule has 6 heteroatoms. The molecule has 0 spiro atoms. The number of esters is 1. The zero-order valence-corrected chi connectivity index (χ0v) is 14.9. The van der Waals surface area contributed by atoms with E-state index in [2.05, 4.69) is 5.32 Å². The molecule has 1 amide bonds. The van der Waals surface area contributed by atoms with E-state index in [0.29, 0.717) is 18.6 Å². The van der Waals surface area contributed by atoms with Crippen LogP contribution in [-0.4, -0.2) is 43.1 Å². The molecule has 0 heterocycles. The lowest BCUT2D eigenvalue weighted by Crippen LogP contribution is -2.41. The Morgan fingerprint density at radius 2 is 1.87 bits per heavy atom. The average molecular weight is 339 g/mol. The van der Waals surface area contributed by atoms with Crippen LogP contribution in [0.15, 0.2) is 24.3 Å². The molecule has 0 bridgehead atoms. The van der Waals surface area contributed by atoms with Gasteiger partial charge in [0, 0.05) is 5.56 Å². The Kier molecular flexibility index (Phi) is 8.73. The monoisotopic (exact) mass is 339 g/mol. The van der Waals surface area contributed by atoms with Crippen molar-refractivity contribution in [1.29, 1.82) is 0 Å². The van der Waals surface area contributed by atoms with E-state index in [1.165, 1.54) is 7.11 Å². The number of amides is 1. The van der Waals surface area contributed by atoms with Crippen molar-refractivity contribution in [1.82, 2.24) is 5.32 Å². The van der Waals surface area contributed by atoms with Crippen LogP contribution in [0.5, 0.6) is 0 Å². The van der Waals surface area contributed by atoms with Crippen LogP contribution in [-0.2, 0) is 20.9 Å². The van der Waals surface area contributed by atoms with Gasteiger partial charge in [-0.1, -0.05) is 12.1 Å². The van der Waals surface area contributed by atoms with Crippen LogP contribution in [0.25, 0.3) is 0 Å². The van der Waals surface area contributed by atoms with Crippen LogP contribution < -0.4 is 5.32 Å². The van der Waals surface area contributed by atoms with E-state index in [1.54, 1.807) is 23.9 Å². The van der Waals surface area contributed by atoms with Crippen molar-refractivity contribution in [2.75, 3.05) is 19.1 Å². The highest BCUT2D eigenvalue weighted by Gasteiger charge is 2.21. The lowest BCUT2D eigenvalue weighted by atomic mass is 10.1. The van der Waals surface area contributed by atoms with Gasteiger partial charge in [0.05, 0.1) is 19.8 Å². The zero-order chi connectivity index (χ0) is 17.2. The number of hydrogen-bond donors (Lipinski definition) is 1. The Morgan fingerprint density at radius 3 is 2.39 bits per heavy atom. The van der Waals surface area contributed by atoms with Gasteiger partial charge in [-0.05, 0) is 50.0 Å². The minimum atomic E-state index is -0.621. The van der Waals surface area contributed by atoms with Gasteiger partial charge in [-0.3, -0.25) is 4.79 Å². The van der Waals surface area contributed by atoms with E-state index in [1.807, 2.05) is 32.2 Å². The molecule has 0 aliphatic rings. The van der Waals surface area contributed by atoms with Gasteiger partial charge in [0.2, 0.25) is 0 Å². The molecule has 1 rings (SSSR count). The van der Waals surface area contributed by atoms with Crippen molar-refractivity contribution >= 4 is 23.6 Å². The number of methoxy groups -OCH3 is 1. The molecule has 1 N–H and O–H groups in total. The highest BCUT2D eigenvalue weighted by Crippen LogP contribution is 2.09. The third-order valence-electron chi connectivity index (χ3n) is 3.20. The number of carbonyl (C=O) groups is 2. The summed E-state index contributed by atoms with van der Waals surface area (Å²) < 4.78 is 10.3. The Bertz CT molecular complexity index is 502. The van der Waals surface area contributed by atoms with Crippen LogP contribution in [0.4, 0.5) is 0 Å². The van der Waals surface area contributed by atoms with E-state index in [-0.39, 0.29) is 12.0 Å². The predicted molar refractivity (Wildman–Crippen MR) is 92.6 cm³/mol. The van der Waals surface area contributed by atoms with Gasteiger partial charge in [-0.25, -0.2) is 4.79 Å². The second kappa shape index (κ2) is 10.3. The third-order valence-corrected chi connectivity index (χ3v) is 3.85. The summed E-state index contributed by atoms with van der Waals surface area (Å²) in [6.07, 6.45) is 2.66. The van der Waals surface area contributed by atoms with Gasteiger partial charge in [-0.15, -0.1) is 0 Å². The molecule has 23 heavy (non-hydrogen) atoms. The molecular formula is C17H25NO4S. The van der Waals surface area contributed by atoms with Crippen LogP contribution >= 0.6 is 11.8 Å².